The van der Waals surface area contributed by atoms with Gasteiger partial charge in [-0.2, -0.15) is 0 Å². The Morgan fingerprint density at radius 1 is 0.492 bits per heavy atom. The molecule has 0 saturated carbocycles. The SMILES string of the molecule is CCCCCCCCC(/C=C\CCCCCCC(=O)O)C(CC(=O)O)C(=O)NCCNCCOC(=O)C(CC(=O)O)C(/C=C\CCCCCCC(=O)O)CCCCCCCC. The fraction of sp³-hybridized carbons (Fsp3) is 0.792. The second-order valence-corrected chi connectivity index (χ2v) is 16.6. The molecule has 0 rings (SSSR count). The number of amides is 1. The van der Waals surface area contributed by atoms with Gasteiger partial charge in [-0.1, -0.05) is 141 Å². The summed E-state index contributed by atoms with van der Waals surface area (Å²) in [6.07, 6.45) is 30.2. The van der Waals surface area contributed by atoms with Gasteiger partial charge in [0, 0.05) is 32.5 Å². The van der Waals surface area contributed by atoms with Gasteiger partial charge >= 0.3 is 29.8 Å². The monoisotopic (exact) mass is 865 g/mol. The lowest BCUT2D eigenvalue weighted by Gasteiger charge is -2.23. The van der Waals surface area contributed by atoms with Crippen LogP contribution in [-0.4, -0.2) is 82.4 Å². The maximum Gasteiger partial charge on any atom is 0.310 e. The molecule has 13 heteroatoms. The molecule has 0 heterocycles. The number of hydrogen-bond donors (Lipinski definition) is 6. The second-order valence-electron chi connectivity index (χ2n) is 16.6. The molecule has 61 heavy (non-hydrogen) atoms. The third-order valence-electron chi connectivity index (χ3n) is 11.2. The summed E-state index contributed by atoms with van der Waals surface area (Å²) in [4.78, 5) is 72.1. The molecule has 0 aromatic heterocycles. The lowest BCUT2D eigenvalue weighted by molar-refractivity contribution is -0.154. The van der Waals surface area contributed by atoms with Crippen LogP contribution in [0.15, 0.2) is 24.3 Å². The smallest absolute Gasteiger partial charge is 0.310 e. The van der Waals surface area contributed by atoms with Crippen LogP contribution in [-0.2, 0) is 33.5 Å². The number of nitrogens with one attached hydrogen (secondary N) is 2. The van der Waals surface area contributed by atoms with Crippen LogP contribution in [0.5, 0.6) is 0 Å². The van der Waals surface area contributed by atoms with E-state index in [9.17, 15) is 39.0 Å². The zero-order chi connectivity index (χ0) is 45.4. The van der Waals surface area contributed by atoms with Crippen molar-refractivity contribution in [2.45, 2.75) is 194 Å². The average Bonchev–Trinajstić information content (AvgIpc) is 3.21. The van der Waals surface area contributed by atoms with E-state index in [1.165, 1.54) is 12.8 Å². The highest BCUT2D eigenvalue weighted by atomic mass is 16.5. The largest absolute Gasteiger partial charge is 0.481 e. The molecule has 4 unspecified atom stereocenters. The molecule has 0 radical (unpaired) electrons. The maximum atomic E-state index is 13.5. The first kappa shape index (κ1) is 57.3. The Morgan fingerprint density at radius 2 is 0.918 bits per heavy atom. The van der Waals surface area contributed by atoms with Gasteiger partial charge in [-0.3, -0.25) is 28.8 Å². The molecule has 0 aliphatic carbocycles. The molecule has 0 aliphatic heterocycles. The number of aliphatic carboxylic acids is 4. The van der Waals surface area contributed by atoms with Crippen LogP contribution in [0.3, 0.4) is 0 Å². The van der Waals surface area contributed by atoms with E-state index < -0.39 is 41.7 Å². The summed E-state index contributed by atoms with van der Waals surface area (Å²) >= 11 is 0. The average molecular weight is 865 g/mol. The van der Waals surface area contributed by atoms with E-state index in [1.54, 1.807) is 0 Å². The van der Waals surface area contributed by atoms with E-state index in [4.69, 9.17) is 14.9 Å². The van der Waals surface area contributed by atoms with Crippen molar-refractivity contribution in [3.8, 4) is 0 Å². The summed E-state index contributed by atoms with van der Waals surface area (Å²) in [6.45, 7) is 5.26. The van der Waals surface area contributed by atoms with E-state index in [1.807, 2.05) is 24.3 Å². The Bertz CT molecular complexity index is 1150. The van der Waals surface area contributed by atoms with Gasteiger partial charge in [-0.05, 0) is 63.2 Å². The topological polar surface area (TPSA) is 217 Å². The number of carbonyl (C=O) groups excluding carboxylic acids is 2. The number of ether oxygens (including phenoxy) is 1. The van der Waals surface area contributed by atoms with Crippen LogP contribution in [0, 0.1) is 23.7 Å². The highest BCUT2D eigenvalue weighted by Gasteiger charge is 2.31. The summed E-state index contributed by atoms with van der Waals surface area (Å²) in [5.74, 6) is -6.60. The number of unbranched alkanes of at least 4 members (excludes halogenated alkanes) is 18. The first-order valence-corrected chi connectivity index (χ1v) is 23.8. The Morgan fingerprint density at radius 3 is 1.39 bits per heavy atom. The van der Waals surface area contributed by atoms with E-state index in [0.717, 1.165) is 116 Å². The summed E-state index contributed by atoms with van der Waals surface area (Å²) in [6, 6.07) is 0. The number of hydrogen-bond acceptors (Lipinski definition) is 8. The molecular weight excluding hydrogens is 781 g/mol. The molecular formula is C48H84N2O11. The zero-order valence-electron chi connectivity index (χ0n) is 37.9. The molecule has 352 valence electrons. The Balaban J connectivity index is 5.27. The van der Waals surface area contributed by atoms with Gasteiger partial charge in [0.25, 0.3) is 0 Å². The van der Waals surface area contributed by atoms with E-state index in [2.05, 4.69) is 24.5 Å². The number of esters is 1. The fourth-order valence-electron chi connectivity index (χ4n) is 7.60. The summed E-state index contributed by atoms with van der Waals surface area (Å²) in [5, 5.41) is 43.2. The molecule has 6 N–H and O–H groups in total. The molecule has 1 amide bonds. The number of carboxylic acid groups (broad SMARTS) is 4. The lowest BCUT2D eigenvalue weighted by Crippen LogP contribution is -2.40. The quantitative estimate of drug-likeness (QED) is 0.0192. The second kappa shape index (κ2) is 40.3. The Hall–Kier alpha value is -3.74. The Labute approximate surface area is 367 Å². The number of carboxylic acids is 4. The van der Waals surface area contributed by atoms with Crippen molar-refractivity contribution < 1.29 is 53.9 Å². The fourth-order valence-corrected chi connectivity index (χ4v) is 7.60. The van der Waals surface area contributed by atoms with E-state index in [0.29, 0.717) is 38.8 Å². The molecule has 0 aromatic rings. The Kier molecular flexibility index (Phi) is 37.9. The minimum atomic E-state index is -1.06. The van der Waals surface area contributed by atoms with Crippen molar-refractivity contribution in [1.29, 1.82) is 0 Å². The molecule has 0 spiro atoms. The van der Waals surface area contributed by atoms with Gasteiger partial charge in [-0.15, -0.1) is 0 Å². The number of allylic oxidation sites excluding steroid dienone is 4. The standard InChI is InChI=1S/C48H84N2O11/c1-3-5-7-9-15-21-27-39(28-22-17-11-13-19-25-31-43(51)52)41(37-45(55)56)47(59)50-34-33-49-35-36-61-48(60)42(38-46(57)58)40(29-23-16-10-8-6-4-2)30-24-18-12-14-20-26-32-44(53)54/h22,24,28,30,39-42,49H,3-21,23,25-27,29,31-38H2,1-2H3,(H,50,59)(H,51,52)(H,53,54)(H,55,56)(H,57,58)/b28-22-,30-24-. The van der Waals surface area contributed by atoms with E-state index >= 15 is 0 Å². The molecule has 0 saturated heterocycles. The first-order chi connectivity index (χ1) is 29.4. The van der Waals surface area contributed by atoms with Crippen molar-refractivity contribution in [2.75, 3.05) is 26.2 Å². The molecule has 0 aromatic carbocycles. The van der Waals surface area contributed by atoms with Crippen LogP contribution < -0.4 is 10.6 Å². The van der Waals surface area contributed by atoms with Crippen molar-refractivity contribution >= 4 is 35.8 Å². The van der Waals surface area contributed by atoms with Gasteiger partial charge in [0.2, 0.25) is 5.91 Å². The maximum absolute atomic E-state index is 13.5. The molecule has 0 aliphatic rings. The van der Waals surface area contributed by atoms with Gasteiger partial charge in [0.05, 0.1) is 24.7 Å². The van der Waals surface area contributed by atoms with Crippen molar-refractivity contribution in [2.24, 2.45) is 23.7 Å². The molecule has 0 fully saturated rings. The summed E-state index contributed by atoms with van der Waals surface area (Å²) in [7, 11) is 0. The van der Waals surface area contributed by atoms with Crippen molar-refractivity contribution in [1.82, 2.24) is 10.6 Å². The first-order valence-electron chi connectivity index (χ1n) is 23.8. The van der Waals surface area contributed by atoms with Crippen LogP contribution >= 0.6 is 0 Å². The zero-order valence-corrected chi connectivity index (χ0v) is 37.9. The van der Waals surface area contributed by atoms with Crippen LogP contribution in [0.2, 0.25) is 0 Å². The van der Waals surface area contributed by atoms with Gasteiger partial charge < -0.3 is 35.8 Å². The highest BCUT2D eigenvalue weighted by Crippen LogP contribution is 2.28. The number of carbonyl (C=O) groups is 6. The molecule has 0 bridgehead atoms. The molecule has 4 atom stereocenters. The third-order valence-corrected chi connectivity index (χ3v) is 11.2. The van der Waals surface area contributed by atoms with Gasteiger partial charge in [0.1, 0.15) is 6.61 Å². The normalized spacial score (nSPS) is 13.5. The van der Waals surface area contributed by atoms with Gasteiger partial charge in [0.15, 0.2) is 0 Å². The van der Waals surface area contributed by atoms with E-state index in [-0.39, 0.29) is 56.6 Å². The molecule has 13 nitrogen and oxygen atoms in total. The van der Waals surface area contributed by atoms with Crippen molar-refractivity contribution in [3.63, 3.8) is 0 Å². The van der Waals surface area contributed by atoms with Crippen molar-refractivity contribution in [3.05, 3.63) is 24.3 Å². The summed E-state index contributed by atoms with van der Waals surface area (Å²) in [5.41, 5.74) is 0. The van der Waals surface area contributed by atoms with Gasteiger partial charge in [-0.25, -0.2) is 0 Å². The predicted molar refractivity (Wildman–Crippen MR) is 240 cm³/mol. The highest BCUT2D eigenvalue weighted by molar-refractivity contribution is 5.83. The van der Waals surface area contributed by atoms with Crippen LogP contribution in [0.1, 0.15) is 194 Å². The lowest BCUT2D eigenvalue weighted by atomic mass is 9.84. The van der Waals surface area contributed by atoms with Crippen LogP contribution in [0.25, 0.3) is 0 Å². The number of rotatable bonds is 44. The van der Waals surface area contributed by atoms with Crippen LogP contribution in [0.4, 0.5) is 0 Å². The third kappa shape index (κ3) is 35.5. The summed E-state index contributed by atoms with van der Waals surface area (Å²) < 4.78 is 5.60. The minimum absolute atomic E-state index is 0.0268. The minimum Gasteiger partial charge on any atom is -0.481 e. The predicted octanol–water partition coefficient (Wildman–Crippen LogP) is 10.1.